The molecule has 5 nitrogen and oxygen atoms in total. The number of phenolic OH excluding ortho intramolecular Hbond substituents is 1. The Balaban J connectivity index is 1.77. The van der Waals surface area contributed by atoms with E-state index in [-0.39, 0.29) is 18.0 Å². The molecule has 0 bridgehead atoms. The second-order valence-electron chi connectivity index (χ2n) is 7.32. The summed E-state index contributed by atoms with van der Waals surface area (Å²) in [7, 11) is 1.64. The summed E-state index contributed by atoms with van der Waals surface area (Å²) in [5.41, 5.74) is 3.43. The number of para-hydroxylation sites is 1. The van der Waals surface area contributed by atoms with Crippen molar-refractivity contribution in [1.82, 2.24) is 10.6 Å². The third-order valence-corrected chi connectivity index (χ3v) is 5.88. The molecule has 3 aromatic rings. The first kappa shape index (κ1) is 22.3. The van der Waals surface area contributed by atoms with Crippen LogP contribution in [-0.4, -0.2) is 18.8 Å². The van der Waals surface area contributed by atoms with E-state index in [1.807, 2.05) is 55.5 Å². The number of halogens is 2. The lowest BCUT2D eigenvalue weighted by Gasteiger charge is -2.34. The number of hydrogen-bond donors (Lipinski definition) is 3. The van der Waals surface area contributed by atoms with Gasteiger partial charge in [0.1, 0.15) is 11.9 Å². The molecule has 0 saturated carbocycles. The van der Waals surface area contributed by atoms with Gasteiger partial charge in [0.15, 0.2) is 11.5 Å². The van der Waals surface area contributed by atoms with Crippen molar-refractivity contribution < 1.29 is 14.6 Å². The first-order valence-corrected chi connectivity index (χ1v) is 11.0. The van der Waals surface area contributed by atoms with Gasteiger partial charge in [-0.2, -0.15) is 0 Å². The molecule has 0 aliphatic carbocycles. The van der Waals surface area contributed by atoms with E-state index < -0.39 is 0 Å². The molecule has 7 heteroatoms. The topological polar surface area (TPSA) is 62.8 Å². The van der Waals surface area contributed by atoms with Crippen molar-refractivity contribution in [2.45, 2.75) is 19.1 Å². The van der Waals surface area contributed by atoms with Crippen LogP contribution in [0.25, 0.3) is 5.70 Å². The maximum absolute atomic E-state index is 10.9. The monoisotopic (exact) mass is 470 g/mol. The summed E-state index contributed by atoms with van der Waals surface area (Å²) in [5, 5.41) is 19.0. The molecule has 166 valence electrons. The van der Waals surface area contributed by atoms with Gasteiger partial charge in [-0.05, 0) is 61.0 Å². The summed E-state index contributed by atoms with van der Waals surface area (Å²) in [6, 6.07) is 18.4. The van der Waals surface area contributed by atoms with Crippen LogP contribution in [-0.2, 0) is 0 Å². The van der Waals surface area contributed by atoms with Gasteiger partial charge < -0.3 is 19.9 Å². The predicted octanol–water partition coefficient (Wildman–Crippen LogP) is 6.08. The maximum atomic E-state index is 10.9. The van der Waals surface area contributed by atoms with Gasteiger partial charge in [-0.1, -0.05) is 41.4 Å². The maximum Gasteiger partial charge on any atom is 0.162 e. The minimum Gasteiger partial charge on any atom is -0.504 e. The number of rotatable bonds is 6. The number of methoxy groups -OCH3 is 1. The minimum absolute atomic E-state index is 0.111. The molecule has 2 unspecified atom stereocenters. The standard InChI is InChI=1S/C25H24Cl2N2O3/c1-3-32-23-6-4-5-19(24(23)30)22-14-21(15-7-10-17(31-2)11-8-15)28-25(29-22)18-12-9-16(26)13-20(18)27/h4-14,22,25,28-30H,3H2,1-2H3. The summed E-state index contributed by atoms with van der Waals surface area (Å²) in [5.74, 6) is 1.34. The Labute approximate surface area is 197 Å². The van der Waals surface area contributed by atoms with Gasteiger partial charge in [0, 0.05) is 26.9 Å². The lowest BCUT2D eigenvalue weighted by atomic mass is 9.97. The molecule has 0 fully saturated rings. The zero-order valence-corrected chi connectivity index (χ0v) is 19.2. The number of nitrogens with one attached hydrogen (secondary N) is 2. The van der Waals surface area contributed by atoms with Crippen LogP contribution >= 0.6 is 23.2 Å². The van der Waals surface area contributed by atoms with Crippen LogP contribution < -0.4 is 20.1 Å². The van der Waals surface area contributed by atoms with Crippen LogP contribution in [0.3, 0.4) is 0 Å². The molecule has 4 rings (SSSR count). The largest absolute Gasteiger partial charge is 0.504 e. The zero-order valence-electron chi connectivity index (χ0n) is 17.7. The third-order valence-electron chi connectivity index (χ3n) is 5.32. The molecule has 32 heavy (non-hydrogen) atoms. The van der Waals surface area contributed by atoms with Crippen molar-refractivity contribution >= 4 is 28.9 Å². The molecule has 0 amide bonds. The van der Waals surface area contributed by atoms with Gasteiger partial charge >= 0.3 is 0 Å². The van der Waals surface area contributed by atoms with Crippen LogP contribution in [0.1, 0.15) is 35.8 Å². The molecule has 1 aliphatic heterocycles. The van der Waals surface area contributed by atoms with Crippen LogP contribution in [0.15, 0.2) is 66.7 Å². The van der Waals surface area contributed by atoms with Gasteiger partial charge in [0.05, 0.1) is 19.8 Å². The molecule has 0 aromatic heterocycles. The summed E-state index contributed by atoms with van der Waals surface area (Å²) < 4.78 is 10.9. The van der Waals surface area contributed by atoms with E-state index in [9.17, 15) is 5.11 Å². The van der Waals surface area contributed by atoms with Gasteiger partial charge in [0.2, 0.25) is 0 Å². The molecule has 1 aliphatic rings. The zero-order chi connectivity index (χ0) is 22.7. The molecule has 2 atom stereocenters. The smallest absolute Gasteiger partial charge is 0.162 e. The number of aromatic hydroxyl groups is 1. The second kappa shape index (κ2) is 9.74. The van der Waals surface area contributed by atoms with Crippen LogP contribution in [0.4, 0.5) is 0 Å². The van der Waals surface area contributed by atoms with Crippen LogP contribution in [0.5, 0.6) is 17.2 Å². The van der Waals surface area contributed by atoms with E-state index in [0.717, 1.165) is 22.6 Å². The van der Waals surface area contributed by atoms with E-state index >= 15 is 0 Å². The van der Waals surface area contributed by atoms with E-state index in [0.29, 0.717) is 28.0 Å². The minimum atomic E-state index is -0.318. The first-order valence-electron chi connectivity index (χ1n) is 10.3. The molecular formula is C25H24Cl2N2O3. The second-order valence-corrected chi connectivity index (χ2v) is 8.17. The fraction of sp³-hybridized carbons (Fsp3) is 0.200. The molecule has 3 N–H and O–H groups in total. The van der Waals surface area contributed by atoms with E-state index in [1.165, 1.54) is 0 Å². The van der Waals surface area contributed by atoms with Gasteiger partial charge in [0.25, 0.3) is 0 Å². The van der Waals surface area contributed by atoms with Gasteiger partial charge in [-0.25, -0.2) is 0 Å². The Kier molecular flexibility index (Phi) is 6.80. The van der Waals surface area contributed by atoms with Crippen molar-refractivity contribution in [2.75, 3.05) is 13.7 Å². The van der Waals surface area contributed by atoms with Crippen LogP contribution in [0.2, 0.25) is 10.0 Å². The van der Waals surface area contributed by atoms with Crippen molar-refractivity contribution in [2.24, 2.45) is 0 Å². The Morgan fingerprint density at radius 2 is 1.78 bits per heavy atom. The lowest BCUT2D eigenvalue weighted by molar-refractivity contribution is 0.314. The first-order chi connectivity index (χ1) is 15.5. The molecule has 0 radical (unpaired) electrons. The highest BCUT2D eigenvalue weighted by atomic mass is 35.5. The highest BCUT2D eigenvalue weighted by Gasteiger charge is 2.27. The van der Waals surface area contributed by atoms with Crippen molar-refractivity contribution in [3.05, 3.63) is 93.5 Å². The average Bonchev–Trinajstić information content (AvgIpc) is 2.80. The van der Waals surface area contributed by atoms with Crippen molar-refractivity contribution in [3.8, 4) is 17.2 Å². The summed E-state index contributed by atoms with van der Waals surface area (Å²) in [4.78, 5) is 0. The lowest BCUT2D eigenvalue weighted by Crippen LogP contribution is -2.39. The van der Waals surface area contributed by atoms with E-state index in [2.05, 4.69) is 10.6 Å². The highest BCUT2D eigenvalue weighted by molar-refractivity contribution is 6.35. The van der Waals surface area contributed by atoms with Crippen molar-refractivity contribution in [3.63, 3.8) is 0 Å². The van der Waals surface area contributed by atoms with Gasteiger partial charge in [-0.3, -0.25) is 5.32 Å². The predicted molar refractivity (Wildman–Crippen MR) is 128 cm³/mol. The SMILES string of the molecule is CCOc1cccc(C2C=C(c3ccc(OC)cc3)NC(c3ccc(Cl)cc3Cl)N2)c1O. The molecular weight excluding hydrogens is 447 g/mol. The Hall–Kier alpha value is -2.86. The summed E-state index contributed by atoms with van der Waals surface area (Å²) >= 11 is 12.6. The fourth-order valence-corrected chi connectivity index (χ4v) is 4.25. The Bertz CT molecular complexity index is 1130. The molecule has 0 spiro atoms. The normalized spacial score (nSPS) is 17.9. The number of benzene rings is 3. The molecule has 1 heterocycles. The average molecular weight is 471 g/mol. The number of ether oxygens (including phenoxy) is 2. The fourth-order valence-electron chi connectivity index (χ4n) is 3.73. The molecule has 3 aromatic carbocycles. The van der Waals surface area contributed by atoms with Crippen LogP contribution in [0, 0.1) is 0 Å². The Morgan fingerprint density at radius 1 is 1.00 bits per heavy atom. The number of phenols is 1. The third kappa shape index (κ3) is 4.65. The summed E-state index contributed by atoms with van der Waals surface area (Å²) in [6.45, 7) is 2.35. The van der Waals surface area contributed by atoms with E-state index in [4.69, 9.17) is 32.7 Å². The quantitative estimate of drug-likeness (QED) is 0.407. The van der Waals surface area contributed by atoms with Crippen molar-refractivity contribution in [1.29, 1.82) is 0 Å². The van der Waals surface area contributed by atoms with Gasteiger partial charge in [-0.15, -0.1) is 0 Å². The number of hydrogen-bond acceptors (Lipinski definition) is 5. The van der Waals surface area contributed by atoms with E-state index in [1.54, 1.807) is 25.3 Å². The summed E-state index contributed by atoms with van der Waals surface area (Å²) in [6.07, 6.45) is 1.72. The molecule has 0 saturated heterocycles. The Morgan fingerprint density at radius 3 is 2.47 bits per heavy atom. The highest BCUT2D eigenvalue weighted by Crippen LogP contribution is 2.39.